The van der Waals surface area contributed by atoms with Crippen LogP contribution in [0.5, 0.6) is 0 Å². The summed E-state index contributed by atoms with van der Waals surface area (Å²) in [5, 5.41) is 17.8. The number of urea groups is 1. The lowest BCUT2D eigenvalue weighted by molar-refractivity contribution is -0.129. The number of carbonyl (C=O) groups is 3. The van der Waals surface area contributed by atoms with E-state index >= 15 is 0 Å². The van der Waals surface area contributed by atoms with Gasteiger partial charge in [-0.15, -0.1) is 0 Å². The second kappa shape index (κ2) is 12.1. The molecule has 1 aromatic rings. The standard InChI is InChI=1S/C30H46N4O4/c1-28-16-22-17-29(2,19-28)21-30(18-22,20-28)33-27(37)32-24-13-11-23(12-14-24)26(36)31-15-9-7-5-3-4-6-8-10-25(35)34-38/h11-14,22,38H,3-10,15-21H2,1-2H3,(H,31,36)(H,34,35)(H2,32,33,37). The molecule has 4 aliphatic carbocycles. The Kier molecular flexibility index (Phi) is 9.01. The second-order valence-corrected chi connectivity index (χ2v) is 13.1. The molecule has 8 nitrogen and oxygen atoms in total. The van der Waals surface area contributed by atoms with Gasteiger partial charge in [0.1, 0.15) is 0 Å². The van der Waals surface area contributed by atoms with Crippen LogP contribution in [0, 0.1) is 16.7 Å². The molecule has 2 unspecified atom stereocenters. The SMILES string of the molecule is CC12CC3CC(C)(C1)CC(NC(=O)Nc1ccc(C(=O)NCCCCCCCCCC(=O)NO)cc1)(C3)C2. The minimum absolute atomic E-state index is 0.0920. The van der Waals surface area contributed by atoms with E-state index in [9.17, 15) is 14.4 Å². The van der Waals surface area contributed by atoms with Crippen molar-refractivity contribution in [2.75, 3.05) is 11.9 Å². The summed E-state index contributed by atoms with van der Waals surface area (Å²) in [5.41, 5.74) is 3.53. The average Bonchev–Trinajstić information content (AvgIpc) is 2.82. The van der Waals surface area contributed by atoms with E-state index in [0.29, 0.717) is 35.0 Å². The highest BCUT2D eigenvalue weighted by molar-refractivity contribution is 5.95. The van der Waals surface area contributed by atoms with Crippen LogP contribution in [0.2, 0.25) is 0 Å². The molecule has 4 amide bonds. The predicted octanol–water partition coefficient (Wildman–Crippen LogP) is 5.91. The maximum absolute atomic E-state index is 12.9. The fraction of sp³-hybridized carbons (Fsp3) is 0.700. The van der Waals surface area contributed by atoms with E-state index in [4.69, 9.17) is 5.21 Å². The molecule has 0 spiro atoms. The summed E-state index contributed by atoms with van der Waals surface area (Å²) in [6.45, 7) is 5.45. The zero-order chi connectivity index (χ0) is 27.2. The lowest BCUT2D eigenvalue weighted by Crippen LogP contribution is -2.65. The van der Waals surface area contributed by atoms with Gasteiger partial charge in [-0.1, -0.05) is 46.0 Å². The fourth-order valence-electron chi connectivity index (χ4n) is 8.35. The summed E-state index contributed by atoms with van der Waals surface area (Å²) in [6, 6.07) is 6.96. The number of unbranched alkanes of at least 4 members (excludes halogenated alkanes) is 6. The quantitative estimate of drug-likeness (QED) is 0.125. The summed E-state index contributed by atoms with van der Waals surface area (Å²) in [6.07, 6.45) is 14.5. The van der Waals surface area contributed by atoms with E-state index in [1.54, 1.807) is 29.7 Å². The summed E-state index contributed by atoms with van der Waals surface area (Å²) < 4.78 is 0. The molecule has 4 fully saturated rings. The number of hydrogen-bond acceptors (Lipinski definition) is 4. The molecule has 4 aliphatic rings. The third-order valence-electron chi connectivity index (χ3n) is 8.90. The van der Waals surface area contributed by atoms with E-state index in [-0.39, 0.29) is 23.4 Å². The van der Waals surface area contributed by atoms with Crippen molar-refractivity contribution in [1.29, 1.82) is 0 Å². The van der Waals surface area contributed by atoms with E-state index in [1.807, 2.05) is 0 Å². The molecule has 4 saturated carbocycles. The van der Waals surface area contributed by atoms with Crippen molar-refractivity contribution in [3.05, 3.63) is 29.8 Å². The Labute approximate surface area is 227 Å². The monoisotopic (exact) mass is 526 g/mol. The molecule has 8 heteroatoms. The molecule has 0 aliphatic heterocycles. The van der Waals surface area contributed by atoms with Crippen LogP contribution >= 0.6 is 0 Å². The Morgan fingerprint density at radius 1 is 0.842 bits per heavy atom. The zero-order valence-corrected chi connectivity index (χ0v) is 23.2. The summed E-state index contributed by atoms with van der Waals surface area (Å²) in [5.74, 6) is 0.296. The first-order valence-corrected chi connectivity index (χ1v) is 14.5. The summed E-state index contributed by atoms with van der Waals surface area (Å²) in [4.78, 5) is 36.4. The molecule has 0 aromatic heterocycles. The van der Waals surface area contributed by atoms with Crippen molar-refractivity contribution >= 4 is 23.5 Å². The van der Waals surface area contributed by atoms with Crippen LogP contribution in [-0.2, 0) is 4.79 Å². The lowest BCUT2D eigenvalue weighted by atomic mass is 9.43. The Bertz CT molecular complexity index is 976. The Morgan fingerprint density at radius 2 is 1.45 bits per heavy atom. The van der Waals surface area contributed by atoms with Crippen molar-refractivity contribution in [1.82, 2.24) is 16.1 Å². The van der Waals surface area contributed by atoms with Gasteiger partial charge in [0.25, 0.3) is 5.91 Å². The van der Waals surface area contributed by atoms with Gasteiger partial charge in [-0.25, -0.2) is 10.3 Å². The molecule has 4 bridgehead atoms. The molecule has 5 rings (SSSR count). The van der Waals surface area contributed by atoms with Crippen molar-refractivity contribution in [2.24, 2.45) is 16.7 Å². The molecule has 210 valence electrons. The van der Waals surface area contributed by atoms with Crippen LogP contribution < -0.4 is 21.4 Å². The van der Waals surface area contributed by atoms with Crippen molar-refractivity contribution < 1.29 is 19.6 Å². The van der Waals surface area contributed by atoms with E-state index in [1.165, 1.54) is 19.3 Å². The first kappa shape index (κ1) is 28.4. The van der Waals surface area contributed by atoms with Crippen molar-refractivity contribution in [3.8, 4) is 0 Å². The van der Waals surface area contributed by atoms with Crippen LogP contribution in [-0.4, -0.2) is 35.1 Å². The highest BCUT2D eigenvalue weighted by Gasteiger charge is 2.60. The van der Waals surface area contributed by atoms with E-state index in [2.05, 4.69) is 29.8 Å². The molecule has 0 radical (unpaired) electrons. The van der Waals surface area contributed by atoms with Crippen LogP contribution in [0.1, 0.15) is 114 Å². The Morgan fingerprint density at radius 3 is 2.05 bits per heavy atom. The highest BCUT2D eigenvalue weighted by atomic mass is 16.5. The number of rotatable bonds is 13. The first-order chi connectivity index (χ1) is 18.1. The van der Waals surface area contributed by atoms with Gasteiger partial charge in [-0.05, 0) is 92.4 Å². The third kappa shape index (κ3) is 7.49. The Hall–Kier alpha value is -2.61. The van der Waals surface area contributed by atoms with E-state index in [0.717, 1.165) is 70.1 Å². The average molecular weight is 527 g/mol. The Balaban J connectivity index is 1.12. The number of carbonyl (C=O) groups excluding carboxylic acids is 3. The molecule has 0 saturated heterocycles. The molecule has 38 heavy (non-hydrogen) atoms. The van der Waals surface area contributed by atoms with Crippen LogP contribution in [0.4, 0.5) is 10.5 Å². The van der Waals surface area contributed by atoms with Crippen LogP contribution in [0.15, 0.2) is 24.3 Å². The minimum Gasteiger partial charge on any atom is -0.352 e. The van der Waals surface area contributed by atoms with E-state index < -0.39 is 0 Å². The number of anilines is 1. The first-order valence-electron chi connectivity index (χ1n) is 14.5. The smallest absolute Gasteiger partial charge is 0.319 e. The largest absolute Gasteiger partial charge is 0.352 e. The zero-order valence-electron chi connectivity index (χ0n) is 23.2. The van der Waals surface area contributed by atoms with Gasteiger partial charge in [-0.2, -0.15) is 0 Å². The summed E-state index contributed by atoms with van der Waals surface area (Å²) in [7, 11) is 0. The molecular weight excluding hydrogens is 480 g/mol. The predicted molar refractivity (Wildman–Crippen MR) is 148 cm³/mol. The molecular formula is C30H46N4O4. The summed E-state index contributed by atoms with van der Waals surface area (Å²) >= 11 is 0. The maximum atomic E-state index is 12.9. The second-order valence-electron chi connectivity index (χ2n) is 13.1. The van der Waals surface area contributed by atoms with Gasteiger partial charge in [0.05, 0.1) is 0 Å². The number of benzene rings is 1. The van der Waals surface area contributed by atoms with Crippen LogP contribution in [0.25, 0.3) is 0 Å². The molecule has 5 N–H and O–H groups in total. The number of nitrogens with one attached hydrogen (secondary N) is 4. The number of amides is 4. The molecule has 1 aromatic carbocycles. The maximum Gasteiger partial charge on any atom is 0.319 e. The lowest BCUT2D eigenvalue weighted by Gasteiger charge is -2.65. The van der Waals surface area contributed by atoms with Gasteiger partial charge in [-0.3, -0.25) is 14.8 Å². The van der Waals surface area contributed by atoms with Crippen molar-refractivity contribution in [3.63, 3.8) is 0 Å². The fourth-order valence-corrected chi connectivity index (χ4v) is 8.35. The topological polar surface area (TPSA) is 120 Å². The third-order valence-corrected chi connectivity index (χ3v) is 8.90. The normalized spacial score (nSPS) is 29.1. The van der Waals surface area contributed by atoms with Crippen LogP contribution in [0.3, 0.4) is 0 Å². The number of hydrogen-bond donors (Lipinski definition) is 5. The van der Waals surface area contributed by atoms with Gasteiger partial charge >= 0.3 is 6.03 Å². The van der Waals surface area contributed by atoms with Gasteiger partial charge in [0, 0.05) is 29.8 Å². The number of hydroxylamine groups is 1. The van der Waals surface area contributed by atoms with Gasteiger partial charge < -0.3 is 16.0 Å². The molecule has 2 atom stereocenters. The van der Waals surface area contributed by atoms with Gasteiger partial charge in [0.15, 0.2) is 0 Å². The minimum atomic E-state index is -0.325. The highest BCUT2D eigenvalue weighted by Crippen LogP contribution is 2.66. The molecule has 0 heterocycles. The van der Waals surface area contributed by atoms with Crippen molar-refractivity contribution in [2.45, 2.75) is 109 Å². The van der Waals surface area contributed by atoms with Gasteiger partial charge in [0.2, 0.25) is 5.91 Å².